The summed E-state index contributed by atoms with van der Waals surface area (Å²) in [5.41, 5.74) is 0.787. The SMILES string of the molecule is C/C=C/c1cc(=O)c([C@@H]2OC(=O)c3cc(O)ccc32)co1. The van der Waals surface area contributed by atoms with E-state index in [9.17, 15) is 14.7 Å². The van der Waals surface area contributed by atoms with Gasteiger partial charge < -0.3 is 14.3 Å². The molecule has 0 unspecified atom stereocenters. The van der Waals surface area contributed by atoms with Crippen LogP contribution in [-0.4, -0.2) is 11.1 Å². The molecule has 106 valence electrons. The van der Waals surface area contributed by atoms with Crippen molar-refractivity contribution in [2.24, 2.45) is 0 Å². The van der Waals surface area contributed by atoms with Crippen molar-refractivity contribution in [2.45, 2.75) is 13.0 Å². The van der Waals surface area contributed by atoms with Crippen LogP contribution in [0.25, 0.3) is 6.08 Å². The van der Waals surface area contributed by atoms with Crippen molar-refractivity contribution >= 4 is 12.0 Å². The van der Waals surface area contributed by atoms with Crippen molar-refractivity contribution in [3.63, 3.8) is 0 Å². The number of carbonyl (C=O) groups is 1. The number of hydrogen-bond donors (Lipinski definition) is 1. The molecule has 0 radical (unpaired) electrons. The van der Waals surface area contributed by atoms with Gasteiger partial charge in [0.05, 0.1) is 11.1 Å². The van der Waals surface area contributed by atoms with E-state index in [1.807, 2.05) is 6.92 Å². The number of phenols is 1. The van der Waals surface area contributed by atoms with Crippen LogP contribution in [0.2, 0.25) is 0 Å². The molecule has 1 aliphatic heterocycles. The Morgan fingerprint density at radius 1 is 1.19 bits per heavy atom. The average Bonchev–Trinajstić information content (AvgIpc) is 2.76. The van der Waals surface area contributed by atoms with Gasteiger partial charge in [0.2, 0.25) is 0 Å². The van der Waals surface area contributed by atoms with Crippen molar-refractivity contribution in [3.05, 3.63) is 69.3 Å². The van der Waals surface area contributed by atoms with Gasteiger partial charge in [0.1, 0.15) is 17.8 Å². The van der Waals surface area contributed by atoms with E-state index in [1.54, 1.807) is 18.2 Å². The minimum absolute atomic E-state index is 0.0261. The van der Waals surface area contributed by atoms with Crippen molar-refractivity contribution < 1.29 is 19.1 Å². The number of phenolic OH excluding ortho intramolecular Hbond substituents is 1. The van der Waals surface area contributed by atoms with Crippen LogP contribution in [0.3, 0.4) is 0 Å². The number of fused-ring (bicyclic) bond motifs is 1. The molecule has 1 N–H and O–H groups in total. The Bertz CT molecular complexity index is 801. The molecule has 1 aromatic carbocycles. The van der Waals surface area contributed by atoms with Crippen LogP contribution < -0.4 is 5.43 Å². The fraction of sp³-hybridized carbons (Fsp3) is 0.125. The van der Waals surface area contributed by atoms with E-state index >= 15 is 0 Å². The summed E-state index contributed by atoms with van der Waals surface area (Å²) in [5, 5.41) is 9.43. The zero-order valence-electron chi connectivity index (χ0n) is 11.2. The summed E-state index contributed by atoms with van der Waals surface area (Å²) in [6, 6.07) is 5.69. The second-order valence-electron chi connectivity index (χ2n) is 4.66. The van der Waals surface area contributed by atoms with E-state index in [-0.39, 0.29) is 22.3 Å². The average molecular weight is 284 g/mol. The third-order valence-corrected chi connectivity index (χ3v) is 3.26. The van der Waals surface area contributed by atoms with Gasteiger partial charge in [0.25, 0.3) is 0 Å². The lowest BCUT2D eigenvalue weighted by atomic mass is 10.00. The van der Waals surface area contributed by atoms with Gasteiger partial charge in [-0.25, -0.2) is 4.79 Å². The fourth-order valence-electron chi connectivity index (χ4n) is 2.29. The van der Waals surface area contributed by atoms with Gasteiger partial charge >= 0.3 is 5.97 Å². The smallest absolute Gasteiger partial charge is 0.339 e. The Labute approximate surface area is 120 Å². The van der Waals surface area contributed by atoms with Crippen LogP contribution in [0, 0.1) is 0 Å². The highest BCUT2D eigenvalue weighted by Crippen LogP contribution is 2.36. The van der Waals surface area contributed by atoms with Gasteiger partial charge in [-0.1, -0.05) is 12.1 Å². The molecule has 5 heteroatoms. The monoisotopic (exact) mass is 284 g/mol. The molecule has 1 aromatic heterocycles. The lowest BCUT2D eigenvalue weighted by molar-refractivity contribution is 0.0451. The molecule has 0 saturated carbocycles. The molecule has 21 heavy (non-hydrogen) atoms. The molecule has 0 bridgehead atoms. The molecular weight excluding hydrogens is 272 g/mol. The van der Waals surface area contributed by atoms with E-state index in [0.29, 0.717) is 11.3 Å². The van der Waals surface area contributed by atoms with E-state index in [0.717, 1.165) is 0 Å². The third kappa shape index (κ3) is 2.23. The van der Waals surface area contributed by atoms with E-state index in [4.69, 9.17) is 9.15 Å². The summed E-state index contributed by atoms with van der Waals surface area (Å²) in [7, 11) is 0. The van der Waals surface area contributed by atoms with Crippen LogP contribution in [0.15, 0.2) is 45.8 Å². The van der Waals surface area contributed by atoms with Crippen LogP contribution >= 0.6 is 0 Å². The molecule has 2 heterocycles. The largest absolute Gasteiger partial charge is 0.508 e. The van der Waals surface area contributed by atoms with Crippen LogP contribution in [0.1, 0.15) is 40.3 Å². The molecule has 0 saturated heterocycles. The summed E-state index contributed by atoms with van der Waals surface area (Å²) >= 11 is 0. The zero-order chi connectivity index (χ0) is 15.0. The fourth-order valence-corrected chi connectivity index (χ4v) is 2.29. The standard InChI is InChI=1S/C16H12O5/c1-2-3-10-7-14(18)13(8-20-10)15-11-5-4-9(17)6-12(11)16(19)21-15/h2-8,15,17H,1H3/b3-2+/t15-/m1/s1. The second kappa shape index (κ2) is 4.94. The molecule has 0 fully saturated rings. The van der Waals surface area contributed by atoms with Crippen LogP contribution in [0.5, 0.6) is 5.75 Å². The number of ether oxygens (including phenoxy) is 1. The van der Waals surface area contributed by atoms with Crippen molar-refractivity contribution in [3.8, 4) is 5.75 Å². The summed E-state index contributed by atoms with van der Waals surface area (Å²) in [5.74, 6) is -0.161. The predicted molar refractivity (Wildman–Crippen MR) is 75.1 cm³/mol. The van der Waals surface area contributed by atoms with Crippen molar-refractivity contribution in [1.29, 1.82) is 0 Å². The first-order valence-electron chi connectivity index (χ1n) is 6.39. The molecule has 0 aliphatic carbocycles. The number of hydrogen-bond acceptors (Lipinski definition) is 5. The number of allylic oxidation sites excluding steroid dienone is 1. The Hall–Kier alpha value is -2.82. The molecule has 0 spiro atoms. The quantitative estimate of drug-likeness (QED) is 0.858. The summed E-state index contributed by atoms with van der Waals surface area (Å²) < 4.78 is 10.6. The molecule has 1 aliphatic rings. The maximum absolute atomic E-state index is 12.2. The molecule has 0 amide bonds. The van der Waals surface area contributed by atoms with Gasteiger partial charge in [0.15, 0.2) is 11.5 Å². The summed E-state index contributed by atoms with van der Waals surface area (Å²) in [6.07, 6.45) is 3.92. The highest BCUT2D eigenvalue weighted by molar-refractivity contribution is 5.95. The number of esters is 1. The summed E-state index contributed by atoms with van der Waals surface area (Å²) in [4.78, 5) is 24.0. The minimum atomic E-state index is -0.802. The van der Waals surface area contributed by atoms with Gasteiger partial charge in [-0.15, -0.1) is 0 Å². The molecular formula is C16H12O5. The minimum Gasteiger partial charge on any atom is -0.508 e. The van der Waals surface area contributed by atoms with E-state index in [1.165, 1.54) is 24.5 Å². The highest BCUT2D eigenvalue weighted by Gasteiger charge is 2.34. The van der Waals surface area contributed by atoms with Crippen molar-refractivity contribution in [2.75, 3.05) is 0 Å². The maximum atomic E-state index is 12.2. The Balaban J connectivity index is 2.08. The normalized spacial score (nSPS) is 17.0. The van der Waals surface area contributed by atoms with Gasteiger partial charge in [-0.05, 0) is 25.1 Å². The summed E-state index contributed by atoms with van der Waals surface area (Å²) in [6.45, 7) is 1.81. The number of benzene rings is 1. The predicted octanol–water partition coefficient (Wildman–Crippen LogP) is 2.64. The Kier molecular flexibility index (Phi) is 3.10. The van der Waals surface area contributed by atoms with Crippen molar-refractivity contribution in [1.82, 2.24) is 0 Å². The zero-order valence-corrected chi connectivity index (χ0v) is 11.2. The maximum Gasteiger partial charge on any atom is 0.339 e. The Morgan fingerprint density at radius 2 is 2.00 bits per heavy atom. The number of carbonyl (C=O) groups excluding carboxylic acids is 1. The molecule has 1 atom stereocenters. The first-order valence-corrected chi connectivity index (χ1v) is 6.39. The number of rotatable bonds is 2. The van der Waals surface area contributed by atoms with Gasteiger partial charge in [0, 0.05) is 11.6 Å². The Morgan fingerprint density at radius 3 is 2.71 bits per heavy atom. The molecule has 5 nitrogen and oxygen atoms in total. The van der Waals surface area contributed by atoms with Crippen LogP contribution in [0.4, 0.5) is 0 Å². The second-order valence-corrected chi connectivity index (χ2v) is 4.66. The molecule has 2 aromatic rings. The van der Waals surface area contributed by atoms with Crippen LogP contribution in [-0.2, 0) is 4.74 Å². The lowest BCUT2D eigenvalue weighted by Gasteiger charge is -2.09. The van der Waals surface area contributed by atoms with Gasteiger partial charge in [-0.2, -0.15) is 0 Å². The van der Waals surface area contributed by atoms with E-state index in [2.05, 4.69) is 0 Å². The first-order chi connectivity index (χ1) is 10.1. The molecule has 3 rings (SSSR count). The van der Waals surface area contributed by atoms with Gasteiger partial charge in [-0.3, -0.25) is 4.79 Å². The highest BCUT2D eigenvalue weighted by atomic mass is 16.5. The van der Waals surface area contributed by atoms with E-state index < -0.39 is 12.1 Å². The third-order valence-electron chi connectivity index (χ3n) is 3.26. The first kappa shape index (κ1) is 13.2. The topological polar surface area (TPSA) is 76.7 Å². The lowest BCUT2D eigenvalue weighted by Crippen LogP contribution is -2.13. The number of cyclic esters (lactones) is 1. The number of aromatic hydroxyl groups is 1.